The van der Waals surface area contributed by atoms with Gasteiger partial charge in [0.15, 0.2) is 0 Å². The molecule has 0 saturated heterocycles. The van der Waals surface area contributed by atoms with Gasteiger partial charge in [-0.05, 0) is 31.2 Å². The van der Waals surface area contributed by atoms with E-state index in [0.717, 1.165) is 11.4 Å². The van der Waals surface area contributed by atoms with E-state index in [4.69, 9.17) is 11.6 Å². The highest BCUT2D eigenvalue weighted by Crippen LogP contribution is 2.12. The molecule has 0 spiro atoms. The molecule has 78 valence electrons. The summed E-state index contributed by atoms with van der Waals surface area (Å²) in [5.41, 5.74) is 1.72. The van der Waals surface area contributed by atoms with Crippen LogP contribution in [0.3, 0.4) is 0 Å². The summed E-state index contributed by atoms with van der Waals surface area (Å²) in [7, 11) is 1.85. The molecule has 0 atom stereocenters. The lowest BCUT2D eigenvalue weighted by Gasteiger charge is -2.08. The highest BCUT2D eigenvalue weighted by molar-refractivity contribution is 6.30. The van der Waals surface area contributed by atoms with Gasteiger partial charge in [-0.15, -0.1) is 0 Å². The fourth-order valence-electron chi connectivity index (χ4n) is 1.52. The fourth-order valence-corrected chi connectivity index (χ4v) is 1.65. The number of hydrogen-bond donors (Lipinski definition) is 0. The van der Waals surface area contributed by atoms with Gasteiger partial charge < -0.3 is 0 Å². The van der Waals surface area contributed by atoms with Crippen molar-refractivity contribution >= 4 is 11.6 Å². The molecule has 0 amide bonds. The van der Waals surface area contributed by atoms with Gasteiger partial charge in [0.05, 0.1) is 5.69 Å². The lowest BCUT2D eigenvalue weighted by Crippen LogP contribution is -2.18. The van der Waals surface area contributed by atoms with Crippen molar-refractivity contribution in [2.75, 3.05) is 0 Å². The number of halogens is 1. The molecule has 2 rings (SSSR count). The van der Waals surface area contributed by atoms with Crippen LogP contribution in [0.15, 0.2) is 35.1 Å². The van der Waals surface area contributed by atoms with Gasteiger partial charge in [-0.2, -0.15) is 0 Å². The van der Waals surface area contributed by atoms with E-state index < -0.39 is 0 Å². The third kappa shape index (κ3) is 1.70. The zero-order chi connectivity index (χ0) is 11.0. The van der Waals surface area contributed by atoms with Crippen LogP contribution in [-0.4, -0.2) is 9.36 Å². The van der Waals surface area contributed by atoms with Crippen molar-refractivity contribution < 1.29 is 0 Å². The summed E-state index contributed by atoms with van der Waals surface area (Å²) in [6, 6.07) is 8.79. The molecule has 1 aromatic carbocycles. The second kappa shape index (κ2) is 3.59. The maximum absolute atomic E-state index is 11.7. The summed E-state index contributed by atoms with van der Waals surface area (Å²) in [4.78, 5) is 11.7. The van der Waals surface area contributed by atoms with Crippen molar-refractivity contribution in [1.29, 1.82) is 0 Å². The van der Waals surface area contributed by atoms with Crippen LogP contribution in [0.5, 0.6) is 0 Å². The molecule has 15 heavy (non-hydrogen) atoms. The molecular weight excluding hydrogens is 212 g/mol. The van der Waals surface area contributed by atoms with Gasteiger partial charge in [0.25, 0.3) is 5.56 Å². The van der Waals surface area contributed by atoms with E-state index in [1.165, 1.54) is 0 Å². The van der Waals surface area contributed by atoms with E-state index in [9.17, 15) is 4.79 Å². The van der Waals surface area contributed by atoms with Crippen molar-refractivity contribution in [3.63, 3.8) is 0 Å². The minimum absolute atomic E-state index is 0.0303. The molecule has 0 aliphatic carbocycles. The summed E-state index contributed by atoms with van der Waals surface area (Å²) in [6.07, 6.45) is 0. The zero-order valence-corrected chi connectivity index (χ0v) is 9.32. The number of aryl methyl sites for hydroxylation is 1. The molecule has 1 aromatic heterocycles. The third-order valence-corrected chi connectivity index (χ3v) is 2.67. The Bertz CT molecular complexity index is 537. The van der Waals surface area contributed by atoms with E-state index in [1.54, 1.807) is 22.9 Å². The fraction of sp³-hybridized carbons (Fsp3) is 0.182. The Kier molecular flexibility index (Phi) is 2.40. The van der Waals surface area contributed by atoms with Gasteiger partial charge in [0.2, 0.25) is 0 Å². The summed E-state index contributed by atoms with van der Waals surface area (Å²) in [5, 5.41) is 0.665. The Labute approximate surface area is 92.5 Å². The quantitative estimate of drug-likeness (QED) is 0.726. The van der Waals surface area contributed by atoms with Crippen LogP contribution in [0.1, 0.15) is 5.69 Å². The molecule has 1 heterocycles. The van der Waals surface area contributed by atoms with Gasteiger partial charge in [-0.25, -0.2) is 4.68 Å². The molecule has 0 bridgehead atoms. The van der Waals surface area contributed by atoms with Gasteiger partial charge >= 0.3 is 0 Å². The molecule has 0 fully saturated rings. The van der Waals surface area contributed by atoms with Crippen LogP contribution in [0.2, 0.25) is 5.02 Å². The van der Waals surface area contributed by atoms with Crippen LogP contribution in [0, 0.1) is 6.92 Å². The summed E-state index contributed by atoms with van der Waals surface area (Å²) in [5.74, 6) is 0. The van der Waals surface area contributed by atoms with E-state index in [2.05, 4.69) is 0 Å². The highest BCUT2D eigenvalue weighted by atomic mass is 35.5. The minimum atomic E-state index is -0.0303. The largest absolute Gasteiger partial charge is 0.285 e. The lowest BCUT2D eigenvalue weighted by molar-refractivity contribution is 0.630. The van der Waals surface area contributed by atoms with E-state index in [1.807, 2.05) is 30.8 Å². The number of aromatic nitrogens is 2. The average Bonchev–Trinajstić information content (AvgIpc) is 2.44. The average molecular weight is 223 g/mol. The summed E-state index contributed by atoms with van der Waals surface area (Å²) < 4.78 is 3.41. The summed E-state index contributed by atoms with van der Waals surface area (Å²) in [6.45, 7) is 1.90. The standard InChI is InChI=1S/C11H11ClN2O/c1-8-7-11(15)14(13(8)2)10-5-3-9(12)4-6-10/h3-7H,1-2H3. The predicted molar refractivity (Wildman–Crippen MR) is 60.8 cm³/mol. The lowest BCUT2D eigenvalue weighted by atomic mass is 10.3. The Morgan fingerprint density at radius 1 is 1.20 bits per heavy atom. The van der Waals surface area contributed by atoms with Gasteiger partial charge in [0.1, 0.15) is 0 Å². The smallest absolute Gasteiger partial charge is 0.271 e. The SMILES string of the molecule is Cc1cc(=O)n(-c2ccc(Cl)cc2)n1C. The first-order valence-corrected chi connectivity index (χ1v) is 4.99. The van der Waals surface area contributed by atoms with Gasteiger partial charge in [-0.1, -0.05) is 11.6 Å². The van der Waals surface area contributed by atoms with Gasteiger partial charge in [-0.3, -0.25) is 9.48 Å². The molecule has 0 saturated carbocycles. The van der Waals surface area contributed by atoms with Crippen molar-refractivity contribution in [2.45, 2.75) is 6.92 Å². The molecule has 2 aromatic rings. The monoisotopic (exact) mass is 222 g/mol. The Morgan fingerprint density at radius 2 is 1.80 bits per heavy atom. The maximum Gasteiger partial charge on any atom is 0.271 e. The maximum atomic E-state index is 11.7. The van der Waals surface area contributed by atoms with E-state index >= 15 is 0 Å². The van der Waals surface area contributed by atoms with Crippen LogP contribution in [-0.2, 0) is 7.05 Å². The molecule has 0 unspecified atom stereocenters. The van der Waals surface area contributed by atoms with Crippen LogP contribution in [0.25, 0.3) is 5.69 Å². The van der Waals surface area contributed by atoms with Crippen molar-refractivity contribution in [1.82, 2.24) is 9.36 Å². The second-order valence-electron chi connectivity index (χ2n) is 3.44. The zero-order valence-electron chi connectivity index (χ0n) is 8.57. The second-order valence-corrected chi connectivity index (χ2v) is 3.87. The highest BCUT2D eigenvalue weighted by Gasteiger charge is 2.05. The van der Waals surface area contributed by atoms with Crippen molar-refractivity contribution in [3.05, 3.63) is 51.4 Å². The van der Waals surface area contributed by atoms with Crippen LogP contribution >= 0.6 is 11.6 Å². The van der Waals surface area contributed by atoms with E-state index in [-0.39, 0.29) is 5.56 Å². The number of rotatable bonds is 1. The normalized spacial score (nSPS) is 10.6. The van der Waals surface area contributed by atoms with Crippen LogP contribution in [0.4, 0.5) is 0 Å². The molecular formula is C11H11ClN2O. The number of nitrogens with zero attached hydrogens (tertiary/aromatic N) is 2. The first-order chi connectivity index (χ1) is 7.09. The van der Waals surface area contributed by atoms with Crippen LogP contribution < -0.4 is 5.56 Å². The van der Waals surface area contributed by atoms with Crippen molar-refractivity contribution in [3.8, 4) is 5.69 Å². The molecule has 0 radical (unpaired) electrons. The molecule has 3 nitrogen and oxygen atoms in total. The molecule has 0 aliphatic heterocycles. The Hall–Kier alpha value is -1.48. The first kappa shape index (κ1) is 10.1. The molecule has 0 aliphatic rings. The predicted octanol–water partition coefficient (Wildman–Crippen LogP) is 2.14. The minimum Gasteiger partial charge on any atom is -0.285 e. The number of benzene rings is 1. The summed E-state index contributed by atoms with van der Waals surface area (Å²) >= 11 is 5.79. The van der Waals surface area contributed by atoms with Crippen molar-refractivity contribution in [2.24, 2.45) is 7.05 Å². The number of hydrogen-bond acceptors (Lipinski definition) is 1. The Morgan fingerprint density at radius 3 is 2.27 bits per heavy atom. The molecule has 0 N–H and O–H groups in total. The van der Waals surface area contributed by atoms with E-state index in [0.29, 0.717) is 5.02 Å². The first-order valence-electron chi connectivity index (χ1n) is 4.61. The van der Waals surface area contributed by atoms with Gasteiger partial charge in [0, 0.05) is 23.8 Å². The molecule has 4 heteroatoms. The Balaban J connectivity index is 2.64. The topological polar surface area (TPSA) is 26.9 Å². The third-order valence-electron chi connectivity index (χ3n) is 2.42.